The Bertz CT molecular complexity index is 1050. The van der Waals surface area contributed by atoms with Gasteiger partial charge in [-0.3, -0.25) is 4.79 Å². The highest BCUT2D eigenvalue weighted by molar-refractivity contribution is 8.00. The van der Waals surface area contributed by atoms with Gasteiger partial charge in [0.05, 0.1) is 10.3 Å². The van der Waals surface area contributed by atoms with E-state index in [0.717, 1.165) is 0 Å². The Morgan fingerprint density at radius 1 is 1.13 bits per heavy atom. The Morgan fingerprint density at radius 2 is 1.87 bits per heavy atom. The molecule has 1 fully saturated rings. The summed E-state index contributed by atoms with van der Waals surface area (Å²) in [6.45, 7) is 4.28. The summed E-state index contributed by atoms with van der Waals surface area (Å²) >= 11 is 1.26. The quantitative estimate of drug-likeness (QED) is 0.647. The molecule has 0 saturated carbocycles. The average Bonchev–Trinajstić information content (AvgIpc) is 3.22. The van der Waals surface area contributed by atoms with E-state index in [-0.39, 0.29) is 17.6 Å². The number of likely N-dealkylation sites (N-methyl/N-ethyl adjacent to an activating group) is 1. The zero-order valence-electron chi connectivity index (χ0n) is 17.3. The third-order valence-electron chi connectivity index (χ3n) is 5.12. The lowest BCUT2D eigenvalue weighted by molar-refractivity contribution is -0.115. The second-order valence-electron chi connectivity index (χ2n) is 7.36. The number of fused-ring (bicyclic) bond motifs is 1. The van der Waals surface area contributed by atoms with Gasteiger partial charge in [0.2, 0.25) is 22.7 Å². The predicted molar refractivity (Wildman–Crippen MR) is 117 cm³/mol. The number of aromatic nitrogens is 1. The molecule has 9 nitrogen and oxygen atoms in total. The molecule has 0 aliphatic carbocycles. The van der Waals surface area contributed by atoms with Crippen LogP contribution in [0, 0.1) is 0 Å². The van der Waals surface area contributed by atoms with E-state index in [2.05, 4.69) is 15.2 Å². The summed E-state index contributed by atoms with van der Waals surface area (Å²) in [5, 5.41) is 2.99. The highest BCUT2D eigenvalue weighted by Crippen LogP contribution is 2.34. The predicted octanol–water partition coefficient (Wildman–Crippen LogP) is 1.87. The molecule has 1 aromatic heterocycles. The number of hydrogen-bond donors (Lipinski definition) is 1. The van der Waals surface area contributed by atoms with Crippen molar-refractivity contribution in [3.63, 3.8) is 0 Å². The number of nitrogens with one attached hydrogen (secondary N) is 1. The molecule has 1 saturated heterocycles. The van der Waals surface area contributed by atoms with Crippen LogP contribution >= 0.6 is 11.8 Å². The molecular weight excluding hydrogens is 440 g/mol. The van der Waals surface area contributed by atoms with Crippen molar-refractivity contribution in [3.8, 4) is 11.5 Å². The summed E-state index contributed by atoms with van der Waals surface area (Å²) in [6.07, 6.45) is 1.36. The number of sulfonamides is 1. The van der Waals surface area contributed by atoms with Gasteiger partial charge in [-0.1, -0.05) is 11.8 Å². The summed E-state index contributed by atoms with van der Waals surface area (Å²) in [5.41, 5.74) is 0.614. The molecule has 1 atom stereocenters. The van der Waals surface area contributed by atoms with Crippen molar-refractivity contribution in [2.45, 2.75) is 22.1 Å². The first-order valence-electron chi connectivity index (χ1n) is 9.85. The maximum absolute atomic E-state index is 12.8. The molecule has 3 heterocycles. The Hall–Kier alpha value is -2.34. The van der Waals surface area contributed by atoms with E-state index in [1.807, 2.05) is 7.05 Å². The number of pyridine rings is 1. The van der Waals surface area contributed by atoms with E-state index in [4.69, 9.17) is 9.47 Å². The molecule has 4 rings (SSSR count). The summed E-state index contributed by atoms with van der Waals surface area (Å²) in [4.78, 5) is 19.1. The number of carbonyl (C=O) groups excluding carboxylic acids is 1. The first kappa shape index (κ1) is 21.9. The van der Waals surface area contributed by atoms with Crippen molar-refractivity contribution in [2.24, 2.45) is 0 Å². The molecule has 2 aromatic rings. The van der Waals surface area contributed by atoms with Crippen LogP contribution in [0.2, 0.25) is 0 Å². The van der Waals surface area contributed by atoms with Crippen LogP contribution in [-0.4, -0.2) is 73.8 Å². The lowest BCUT2D eigenvalue weighted by Gasteiger charge is -2.31. The zero-order valence-corrected chi connectivity index (χ0v) is 18.9. The molecule has 11 heteroatoms. The first-order chi connectivity index (χ1) is 14.8. The lowest BCUT2D eigenvalue weighted by Crippen LogP contribution is -2.47. The van der Waals surface area contributed by atoms with E-state index in [9.17, 15) is 13.2 Å². The van der Waals surface area contributed by atoms with E-state index < -0.39 is 15.3 Å². The summed E-state index contributed by atoms with van der Waals surface area (Å²) in [6, 6.07) is 8.40. The third kappa shape index (κ3) is 4.95. The van der Waals surface area contributed by atoms with E-state index in [1.165, 1.54) is 22.3 Å². The number of rotatable bonds is 6. The minimum atomic E-state index is -3.56. The molecule has 0 unspecified atom stereocenters. The number of piperazine rings is 1. The number of hydrogen-bond acceptors (Lipinski definition) is 8. The van der Waals surface area contributed by atoms with Crippen LogP contribution < -0.4 is 14.8 Å². The van der Waals surface area contributed by atoms with Crippen molar-refractivity contribution >= 4 is 33.4 Å². The maximum atomic E-state index is 12.8. The van der Waals surface area contributed by atoms with Gasteiger partial charge in [-0.2, -0.15) is 4.31 Å². The molecule has 2 aliphatic rings. The van der Waals surface area contributed by atoms with Crippen LogP contribution in [0.25, 0.3) is 0 Å². The molecule has 1 aromatic carbocycles. The number of nitrogens with zero attached hydrogens (tertiary/aromatic N) is 3. The van der Waals surface area contributed by atoms with Gasteiger partial charge in [0.1, 0.15) is 4.90 Å². The first-order valence-corrected chi connectivity index (χ1v) is 12.2. The summed E-state index contributed by atoms with van der Waals surface area (Å²) in [5.74, 6) is 1.05. The second kappa shape index (κ2) is 9.03. The third-order valence-corrected chi connectivity index (χ3v) is 8.05. The second-order valence-corrected chi connectivity index (χ2v) is 10.7. The van der Waals surface area contributed by atoms with Crippen LogP contribution in [0.3, 0.4) is 0 Å². The standard InChI is InChI=1S/C20H24N4O5S2/c1-14(20(25)22-15-3-5-17-18(11-15)29-13-28-17)30-19-6-4-16(12-21-19)31(26,27)24-9-7-23(2)8-10-24/h3-6,11-12,14H,7-10,13H2,1-2H3,(H,22,25)/t14-/m1/s1. The van der Waals surface area contributed by atoms with Gasteiger partial charge < -0.3 is 19.7 Å². The fraction of sp³-hybridized carbons (Fsp3) is 0.400. The van der Waals surface area contributed by atoms with Gasteiger partial charge in [-0.05, 0) is 38.2 Å². The number of benzene rings is 1. The normalized spacial score (nSPS) is 18.0. The van der Waals surface area contributed by atoms with Crippen molar-refractivity contribution in [3.05, 3.63) is 36.5 Å². The fourth-order valence-electron chi connectivity index (χ4n) is 3.22. The highest BCUT2D eigenvalue weighted by atomic mass is 32.2. The van der Waals surface area contributed by atoms with Gasteiger partial charge in [0.25, 0.3) is 0 Å². The molecule has 166 valence electrons. The van der Waals surface area contributed by atoms with Crippen LogP contribution in [0.15, 0.2) is 46.5 Å². The van der Waals surface area contributed by atoms with Crippen molar-refractivity contribution in [1.29, 1.82) is 0 Å². The van der Waals surface area contributed by atoms with Gasteiger partial charge in [-0.25, -0.2) is 13.4 Å². The van der Waals surface area contributed by atoms with Gasteiger partial charge in [0.15, 0.2) is 11.5 Å². The Morgan fingerprint density at radius 3 is 2.58 bits per heavy atom. The molecule has 1 N–H and O–H groups in total. The SMILES string of the molecule is C[C@@H](Sc1ccc(S(=O)(=O)N2CCN(C)CC2)cn1)C(=O)Nc1ccc2c(c1)OCO2. The van der Waals surface area contributed by atoms with Gasteiger partial charge in [-0.15, -0.1) is 0 Å². The summed E-state index contributed by atoms with van der Waals surface area (Å²) < 4.78 is 37.7. The summed E-state index contributed by atoms with van der Waals surface area (Å²) in [7, 11) is -1.59. The zero-order chi connectivity index (χ0) is 22.0. The van der Waals surface area contributed by atoms with Crippen molar-refractivity contribution < 1.29 is 22.7 Å². The molecule has 31 heavy (non-hydrogen) atoms. The van der Waals surface area contributed by atoms with Crippen LogP contribution in [0.5, 0.6) is 11.5 Å². The fourth-order valence-corrected chi connectivity index (χ4v) is 5.38. The van der Waals surface area contributed by atoms with Crippen molar-refractivity contribution in [2.75, 3.05) is 45.3 Å². The van der Waals surface area contributed by atoms with Gasteiger partial charge >= 0.3 is 0 Å². The minimum Gasteiger partial charge on any atom is -0.454 e. The van der Waals surface area contributed by atoms with Gasteiger partial charge in [0, 0.05) is 44.1 Å². The Labute approximate surface area is 185 Å². The van der Waals surface area contributed by atoms with Crippen molar-refractivity contribution in [1.82, 2.24) is 14.2 Å². The molecular formula is C20H24N4O5S2. The van der Waals surface area contributed by atoms with Crippen LogP contribution in [0.4, 0.5) is 5.69 Å². The molecule has 0 bridgehead atoms. The Balaban J connectivity index is 1.36. The molecule has 2 aliphatic heterocycles. The van der Waals surface area contributed by atoms with E-state index >= 15 is 0 Å². The number of anilines is 1. The van der Waals surface area contributed by atoms with Crippen LogP contribution in [0.1, 0.15) is 6.92 Å². The topological polar surface area (TPSA) is 101 Å². The molecule has 0 spiro atoms. The average molecular weight is 465 g/mol. The number of amides is 1. The molecule has 1 amide bonds. The Kier molecular flexibility index (Phi) is 6.37. The van der Waals surface area contributed by atoms with Crippen LogP contribution in [-0.2, 0) is 14.8 Å². The van der Waals surface area contributed by atoms with E-state index in [0.29, 0.717) is 48.4 Å². The largest absolute Gasteiger partial charge is 0.454 e. The minimum absolute atomic E-state index is 0.166. The lowest BCUT2D eigenvalue weighted by atomic mass is 10.2. The number of carbonyl (C=O) groups is 1. The molecule has 0 radical (unpaired) electrons. The highest BCUT2D eigenvalue weighted by Gasteiger charge is 2.28. The maximum Gasteiger partial charge on any atom is 0.244 e. The monoisotopic (exact) mass is 464 g/mol. The number of thioether (sulfide) groups is 1. The van der Waals surface area contributed by atoms with E-state index in [1.54, 1.807) is 37.3 Å². The number of ether oxygens (including phenoxy) is 2. The smallest absolute Gasteiger partial charge is 0.244 e.